The third-order valence-electron chi connectivity index (χ3n) is 4.24. The topological polar surface area (TPSA) is 43.4 Å². The predicted molar refractivity (Wildman–Crippen MR) is 80.1 cm³/mol. The maximum absolute atomic E-state index is 13.0. The van der Waals surface area contributed by atoms with Gasteiger partial charge in [0.05, 0.1) is 18.1 Å². The smallest absolute Gasteiger partial charge is 0.334 e. The minimum atomic E-state index is -0.947. The summed E-state index contributed by atoms with van der Waals surface area (Å²) < 4.78 is 4.80. The van der Waals surface area contributed by atoms with Crippen LogP contribution in [0.4, 0.5) is 0 Å². The Morgan fingerprint density at radius 3 is 2.35 bits per heavy atom. The number of rotatable bonds is 3. The molecule has 3 nitrogen and oxygen atoms in total. The lowest BCUT2D eigenvalue weighted by Gasteiger charge is -2.43. The van der Waals surface area contributed by atoms with Gasteiger partial charge in [-0.05, 0) is 20.8 Å². The molecule has 110 valence electrons. The molecule has 0 fully saturated rings. The number of Topliss-reactive ketones (excluding diaryl/α,β-unsaturated/α-hetero) is 1. The maximum Gasteiger partial charge on any atom is 0.334 e. The van der Waals surface area contributed by atoms with Crippen LogP contribution in [0.3, 0.4) is 0 Å². The first-order valence-electron chi connectivity index (χ1n) is 6.77. The van der Waals surface area contributed by atoms with Gasteiger partial charge in [0.25, 0.3) is 0 Å². The van der Waals surface area contributed by atoms with Crippen LogP contribution >= 0.6 is 0 Å². The Balaban J connectivity index is 3.41. The van der Waals surface area contributed by atoms with Gasteiger partial charge < -0.3 is 4.74 Å². The number of carbonyl (C=O) groups excluding carboxylic acids is 2. The van der Waals surface area contributed by atoms with Gasteiger partial charge in [0.15, 0.2) is 5.78 Å². The highest BCUT2D eigenvalue weighted by atomic mass is 16.5. The fourth-order valence-corrected chi connectivity index (χ4v) is 3.15. The van der Waals surface area contributed by atoms with Crippen molar-refractivity contribution in [2.45, 2.75) is 34.6 Å². The molecule has 0 amide bonds. The Morgan fingerprint density at radius 2 is 1.95 bits per heavy atom. The molecule has 0 aliphatic heterocycles. The molecule has 0 spiro atoms. The summed E-state index contributed by atoms with van der Waals surface area (Å²) in [7, 11) is 1.33. The zero-order valence-electron chi connectivity index (χ0n) is 13.2. The second kappa shape index (κ2) is 5.39. The molecule has 0 bridgehead atoms. The summed E-state index contributed by atoms with van der Waals surface area (Å²) in [6, 6.07) is 0. The Hall–Kier alpha value is -1.64. The van der Waals surface area contributed by atoms with Crippen molar-refractivity contribution >= 4 is 11.8 Å². The molecule has 0 aromatic carbocycles. The Kier molecular flexibility index (Phi) is 4.42. The standard InChI is InChI=1S/C17H24O3/c1-8-12(14(18)20-7)17(6)10-9-13(11(2)3)16(4,5)15(17)19/h8-10,13H,2H2,1,3-7H3/b12-8+/t13-,17-/m0/s1. The summed E-state index contributed by atoms with van der Waals surface area (Å²) in [5.41, 5.74) is -0.217. The van der Waals surface area contributed by atoms with Crippen molar-refractivity contribution in [1.82, 2.24) is 0 Å². The van der Waals surface area contributed by atoms with Gasteiger partial charge in [-0.1, -0.05) is 44.2 Å². The van der Waals surface area contributed by atoms with Gasteiger partial charge in [0.1, 0.15) is 0 Å². The summed E-state index contributed by atoms with van der Waals surface area (Å²) in [6.45, 7) is 13.2. The van der Waals surface area contributed by atoms with Crippen molar-refractivity contribution in [3.8, 4) is 0 Å². The molecule has 3 heteroatoms. The van der Waals surface area contributed by atoms with E-state index >= 15 is 0 Å². The van der Waals surface area contributed by atoms with Crippen LogP contribution in [0, 0.1) is 16.7 Å². The fraction of sp³-hybridized carbons (Fsp3) is 0.529. The third-order valence-corrected chi connectivity index (χ3v) is 4.24. The predicted octanol–water partition coefficient (Wildman–Crippen LogP) is 3.47. The minimum absolute atomic E-state index is 0.0130. The molecule has 1 rings (SSSR count). The number of ether oxygens (including phenoxy) is 1. The van der Waals surface area contributed by atoms with Crippen LogP contribution in [0.5, 0.6) is 0 Å². The second-order valence-corrected chi connectivity index (χ2v) is 6.13. The number of ketones is 1. The van der Waals surface area contributed by atoms with Crippen LogP contribution in [0.15, 0.2) is 36.0 Å². The van der Waals surface area contributed by atoms with Gasteiger partial charge in [-0.3, -0.25) is 4.79 Å². The van der Waals surface area contributed by atoms with Crippen LogP contribution in [-0.2, 0) is 14.3 Å². The van der Waals surface area contributed by atoms with E-state index < -0.39 is 16.8 Å². The Labute approximate surface area is 121 Å². The molecule has 2 atom stereocenters. The summed E-state index contributed by atoms with van der Waals surface area (Å²) in [6.07, 6.45) is 5.45. The molecule has 0 unspecified atom stereocenters. The summed E-state index contributed by atoms with van der Waals surface area (Å²) >= 11 is 0. The lowest BCUT2D eigenvalue weighted by atomic mass is 9.58. The first-order chi connectivity index (χ1) is 9.12. The Morgan fingerprint density at radius 1 is 1.40 bits per heavy atom. The average Bonchev–Trinajstić information content (AvgIpc) is 2.36. The van der Waals surface area contributed by atoms with Crippen LogP contribution < -0.4 is 0 Å². The van der Waals surface area contributed by atoms with E-state index in [1.165, 1.54) is 7.11 Å². The highest BCUT2D eigenvalue weighted by Crippen LogP contribution is 2.47. The molecule has 0 aromatic rings. The molecule has 1 aliphatic rings. The first kappa shape index (κ1) is 16.4. The number of carbonyl (C=O) groups is 2. The quantitative estimate of drug-likeness (QED) is 0.450. The minimum Gasteiger partial charge on any atom is -0.466 e. The van der Waals surface area contributed by atoms with Crippen molar-refractivity contribution in [2.75, 3.05) is 7.11 Å². The van der Waals surface area contributed by atoms with Crippen molar-refractivity contribution in [2.24, 2.45) is 16.7 Å². The molecule has 0 N–H and O–H groups in total. The van der Waals surface area contributed by atoms with E-state index in [4.69, 9.17) is 4.74 Å². The molecule has 0 radical (unpaired) electrons. The summed E-state index contributed by atoms with van der Waals surface area (Å²) in [5, 5.41) is 0. The van der Waals surface area contributed by atoms with E-state index in [1.54, 1.807) is 19.9 Å². The van der Waals surface area contributed by atoms with Crippen LogP contribution in [0.25, 0.3) is 0 Å². The van der Waals surface area contributed by atoms with Crippen LogP contribution in [-0.4, -0.2) is 18.9 Å². The van der Waals surface area contributed by atoms with Crippen molar-refractivity contribution in [3.63, 3.8) is 0 Å². The number of methoxy groups -OCH3 is 1. The zero-order valence-corrected chi connectivity index (χ0v) is 13.2. The highest BCUT2D eigenvalue weighted by molar-refractivity contribution is 6.04. The summed E-state index contributed by atoms with van der Waals surface area (Å²) in [4.78, 5) is 24.9. The SMILES string of the molecule is C=C(C)[C@@H]1C=C[C@@](C)(/C(=C/C)C(=O)OC)C(=O)C1(C)C. The molecule has 0 heterocycles. The Bertz CT molecular complexity index is 508. The monoisotopic (exact) mass is 276 g/mol. The van der Waals surface area contributed by atoms with E-state index in [0.717, 1.165) is 5.57 Å². The molecule has 20 heavy (non-hydrogen) atoms. The second-order valence-electron chi connectivity index (χ2n) is 6.13. The van der Waals surface area contributed by atoms with E-state index in [2.05, 4.69) is 6.58 Å². The van der Waals surface area contributed by atoms with E-state index in [-0.39, 0.29) is 11.7 Å². The number of esters is 1. The fourth-order valence-electron chi connectivity index (χ4n) is 3.15. The number of allylic oxidation sites excluding steroid dienone is 4. The molecule has 0 saturated carbocycles. The molecule has 1 aliphatic carbocycles. The molecular weight excluding hydrogens is 252 g/mol. The normalized spacial score (nSPS) is 29.2. The molecular formula is C17H24O3. The maximum atomic E-state index is 13.0. The van der Waals surface area contributed by atoms with Crippen LogP contribution in [0.1, 0.15) is 34.6 Å². The van der Waals surface area contributed by atoms with Gasteiger partial charge in [0.2, 0.25) is 0 Å². The first-order valence-corrected chi connectivity index (χ1v) is 6.77. The molecule has 0 saturated heterocycles. The van der Waals surface area contributed by atoms with Crippen molar-refractivity contribution in [3.05, 3.63) is 36.0 Å². The average molecular weight is 276 g/mol. The zero-order chi connectivity index (χ0) is 15.7. The van der Waals surface area contributed by atoms with Gasteiger partial charge in [-0.25, -0.2) is 4.79 Å². The van der Waals surface area contributed by atoms with Gasteiger partial charge >= 0.3 is 5.97 Å². The van der Waals surface area contributed by atoms with E-state index in [1.807, 2.05) is 32.9 Å². The number of hydrogen-bond donors (Lipinski definition) is 0. The van der Waals surface area contributed by atoms with Crippen molar-refractivity contribution < 1.29 is 14.3 Å². The van der Waals surface area contributed by atoms with Gasteiger partial charge in [0, 0.05) is 11.3 Å². The number of hydrogen-bond acceptors (Lipinski definition) is 3. The van der Waals surface area contributed by atoms with Crippen LogP contribution in [0.2, 0.25) is 0 Å². The molecule has 0 aromatic heterocycles. The third kappa shape index (κ3) is 2.37. The largest absolute Gasteiger partial charge is 0.466 e. The van der Waals surface area contributed by atoms with Gasteiger partial charge in [-0.15, -0.1) is 0 Å². The van der Waals surface area contributed by atoms with Gasteiger partial charge in [-0.2, -0.15) is 0 Å². The van der Waals surface area contributed by atoms with E-state index in [0.29, 0.717) is 5.57 Å². The highest BCUT2D eigenvalue weighted by Gasteiger charge is 2.51. The lowest BCUT2D eigenvalue weighted by molar-refractivity contribution is -0.142. The van der Waals surface area contributed by atoms with Crippen molar-refractivity contribution in [1.29, 1.82) is 0 Å². The van der Waals surface area contributed by atoms with E-state index in [9.17, 15) is 9.59 Å². The lowest BCUT2D eigenvalue weighted by Crippen LogP contribution is -2.47. The summed E-state index contributed by atoms with van der Waals surface area (Å²) in [5.74, 6) is -0.463.